The molecular formula is C17H32N2O. The second-order valence-corrected chi connectivity index (χ2v) is 7.15. The normalized spacial score (nSPS) is 20.9. The van der Waals surface area contributed by atoms with Gasteiger partial charge in [0.05, 0.1) is 0 Å². The fraction of sp³-hybridized carbons (Fsp3) is 0.824. The molecule has 1 saturated heterocycles. The molecule has 1 heterocycles. The maximum absolute atomic E-state index is 12.2. The zero-order chi connectivity index (χ0) is 15.2. The van der Waals surface area contributed by atoms with E-state index < -0.39 is 0 Å². The van der Waals surface area contributed by atoms with Gasteiger partial charge in [0.15, 0.2) is 0 Å². The molecule has 1 N–H and O–H groups in total. The van der Waals surface area contributed by atoms with Crippen LogP contribution >= 0.6 is 0 Å². The molecule has 1 atom stereocenters. The zero-order valence-electron chi connectivity index (χ0n) is 13.8. The van der Waals surface area contributed by atoms with Crippen LogP contribution in [0.5, 0.6) is 0 Å². The van der Waals surface area contributed by atoms with E-state index in [0.717, 1.165) is 37.4 Å². The maximum Gasteiger partial charge on any atom is 0.222 e. The predicted octanol–water partition coefficient (Wildman–Crippen LogP) is 3.36. The Morgan fingerprint density at radius 1 is 1.40 bits per heavy atom. The fourth-order valence-electron chi connectivity index (χ4n) is 2.67. The summed E-state index contributed by atoms with van der Waals surface area (Å²) in [5.41, 5.74) is 1.19. The van der Waals surface area contributed by atoms with Crippen molar-refractivity contribution in [1.29, 1.82) is 0 Å². The first-order valence-corrected chi connectivity index (χ1v) is 8.01. The fourth-order valence-corrected chi connectivity index (χ4v) is 2.67. The third-order valence-corrected chi connectivity index (χ3v) is 3.91. The van der Waals surface area contributed by atoms with Gasteiger partial charge in [-0.3, -0.25) is 4.79 Å². The molecule has 1 rings (SSSR count). The molecule has 1 fully saturated rings. The third kappa shape index (κ3) is 6.56. The lowest BCUT2D eigenvalue weighted by atomic mass is 9.96. The SMILES string of the molecule is C=C(CNC(C)(C)C)CN1CCC(CCC)CCC1=O. The van der Waals surface area contributed by atoms with E-state index >= 15 is 0 Å². The van der Waals surface area contributed by atoms with Gasteiger partial charge in [-0.05, 0) is 45.1 Å². The molecule has 1 amide bonds. The van der Waals surface area contributed by atoms with Gasteiger partial charge in [0.25, 0.3) is 0 Å². The Kier molecular flexibility index (Phi) is 6.74. The average Bonchev–Trinajstić information content (AvgIpc) is 2.51. The van der Waals surface area contributed by atoms with Crippen LogP contribution in [0.2, 0.25) is 0 Å². The van der Waals surface area contributed by atoms with Gasteiger partial charge in [0, 0.05) is 31.6 Å². The van der Waals surface area contributed by atoms with Crippen LogP contribution in [0.4, 0.5) is 0 Å². The summed E-state index contributed by atoms with van der Waals surface area (Å²) in [4.78, 5) is 14.2. The van der Waals surface area contributed by atoms with Crippen molar-refractivity contribution in [2.45, 2.75) is 65.3 Å². The standard InChI is InChI=1S/C17H32N2O/c1-6-7-15-8-9-16(20)19(11-10-15)13-14(2)12-18-17(3,4)5/h15,18H,2,6-13H2,1,3-5H3. The minimum Gasteiger partial charge on any atom is -0.339 e. The minimum atomic E-state index is 0.0952. The molecule has 20 heavy (non-hydrogen) atoms. The topological polar surface area (TPSA) is 32.3 Å². The van der Waals surface area contributed by atoms with Gasteiger partial charge in [-0.2, -0.15) is 0 Å². The van der Waals surface area contributed by atoms with Crippen LogP contribution < -0.4 is 5.32 Å². The molecule has 0 bridgehead atoms. The molecule has 0 saturated carbocycles. The third-order valence-electron chi connectivity index (χ3n) is 3.91. The van der Waals surface area contributed by atoms with Gasteiger partial charge in [0.2, 0.25) is 5.91 Å². The summed E-state index contributed by atoms with van der Waals surface area (Å²) in [6, 6.07) is 0. The Morgan fingerprint density at radius 3 is 2.70 bits per heavy atom. The van der Waals surface area contributed by atoms with E-state index in [0.29, 0.717) is 18.9 Å². The van der Waals surface area contributed by atoms with Gasteiger partial charge in [-0.1, -0.05) is 26.3 Å². The Bertz CT molecular complexity index is 330. The first kappa shape index (κ1) is 17.2. The lowest BCUT2D eigenvalue weighted by Crippen LogP contribution is -2.40. The van der Waals surface area contributed by atoms with Crippen LogP contribution in [-0.2, 0) is 4.79 Å². The van der Waals surface area contributed by atoms with Crippen LogP contribution in [0.1, 0.15) is 59.8 Å². The lowest BCUT2D eigenvalue weighted by molar-refractivity contribution is -0.130. The van der Waals surface area contributed by atoms with Crippen LogP contribution in [0, 0.1) is 5.92 Å². The van der Waals surface area contributed by atoms with Crippen molar-refractivity contribution in [2.24, 2.45) is 5.92 Å². The van der Waals surface area contributed by atoms with Crippen molar-refractivity contribution in [2.75, 3.05) is 19.6 Å². The molecule has 0 aromatic heterocycles. The predicted molar refractivity (Wildman–Crippen MR) is 85.7 cm³/mol. The Labute approximate surface area is 124 Å². The summed E-state index contributed by atoms with van der Waals surface area (Å²) in [5, 5.41) is 3.43. The summed E-state index contributed by atoms with van der Waals surface area (Å²) < 4.78 is 0. The molecule has 1 unspecified atom stereocenters. The van der Waals surface area contributed by atoms with E-state index in [4.69, 9.17) is 0 Å². The van der Waals surface area contributed by atoms with E-state index in [1.165, 1.54) is 12.8 Å². The monoisotopic (exact) mass is 280 g/mol. The van der Waals surface area contributed by atoms with Crippen molar-refractivity contribution < 1.29 is 4.79 Å². The molecule has 3 heteroatoms. The number of amides is 1. The minimum absolute atomic E-state index is 0.0952. The van der Waals surface area contributed by atoms with Crippen molar-refractivity contribution in [3.63, 3.8) is 0 Å². The highest BCUT2D eigenvalue weighted by Gasteiger charge is 2.22. The molecule has 0 radical (unpaired) electrons. The largest absolute Gasteiger partial charge is 0.339 e. The molecule has 3 nitrogen and oxygen atoms in total. The summed E-state index contributed by atoms with van der Waals surface area (Å²) >= 11 is 0. The highest BCUT2D eigenvalue weighted by Crippen LogP contribution is 2.22. The van der Waals surface area contributed by atoms with E-state index in [9.17, 15) is 4.79 Å². The molecule has 0 aromatic carbocycles. The van der Waals surface area contributed by atoms with Crippen molar-refractivity contribution in [1.82, 2.24) is 10.2 Å². The quantitative estimate of drug-likeness (QED) is 0.757. The van der Waals surface area contributed by atoms with Crippen molar-refractivity contribution in [3.8, 4) is 0 Å². The highest BCUT2D eigenvalue weighted by molar-refractivity contribution is 5.76. The Morgan fingerprint density at radius 2 is 2.10 bits per heavy atom. The molecule has 1 aliphatic rings. The summed E-state index contributed by atoms with van der Waals surface area (Å²) in [6.07, 6.45) is 5.41. The van der Waals surface area contributed by atoms with Crippen LogP contribution in [0.15, 0.2) is 12.2 Å². The number of nitrogens with one attached hydrogen (secondary N) is 1. The van der Waals surface area contributed by atoms with Crippen molar-refractivity contribution in [3.05, 3.63) is 12.2 Å². The van der Waals surface area contributed by atoms with Crippen LogP contribution in [0.25, 0.3) is 0 Å². The Hall–Kier alpha value is -0.830. The van der Waals surface area contributed by atoms with Crippen LogP contribution in [-0.4, -0.2) is 36.0 Å². The number of likely N-dealkylation sites (tertiary alicyclic amines) is 1. The number of rotatable bonds is 6. The van der Waals surface area contributed by atoms with Gasteiger partial charge >= 0.3 is 0 Å². The average molecular weight is 280 g/mol. The molecular weight excluding hydrogens is 248 g/mol. The van der Waals surface area contributed by atoms with Crippen molar-refractivity contribution >= 4 is 5.91 Å². The summed E-state index contributed by atoms with van der Waals surface area (Å²) in [6.45, 7) is 15.2. The lowest BCUT2D eigenvalue weighted by Gasteiger charge is -2.25. The summed E-state index contributed by atoms with van der Waals surface area (Å²) in [5.74, 6) is 1.04. The number of carbonyl (C=O) groups is 1. The zero-order valence-corrected chi connectivity index (χ0v) is 13.8. The maximum atomic E-state index is 12.2. The number of hydrogen-bond donors (Lipinski definition) is 1. The number of nitrogens with zero attached hydrogens (tertiary/aromatic N) is 1. The van der Waals surface area contributed by atoms with E-state index in [2.05, 4.69) is 39.6 Å². The second-order valence-electron chi connectivity index (χ2n) is 7.15. The smallest absolute Gasteiger partial charge is 0.222 e. The summed E-state index contributed by atoms with van der Waals surface area (Å²) in [7, 11) is 0. The van der Waals surface area contributed by atoms with Gasteiger partial charge in [-0.25, -0.2) is 0 Å². The first-order chi connectivity index (χ1) is 9.31. The van der Waals surface area contributed by atoms with Gasteiger partial charge < -0.3 is 10.2 Å². The van der Waals surface area contributed by atoms with E-state index in [1.807, 2.05) is 4.90 Å². The van der Waals surface area contributed by atoms with Gasteiger partial charge in [0.1, 0.15) is 0 Å². The van der Waals surface area contributed by atoms with E-state index in [1.54, 1.807) is 0 Å². The number of carbonyl (C=O) groups excluding carboxylic acids is 1. The molecule has 0 aromatic rings. The molecule has 0 aliphatic carbocycles. The van der Waals surface area contributed by atoms with Crippen LogP contribution in [0.3, 0.4) is 0 Å². The Balaban J connectivity index is 2.42. The highest BCUT2D eigenvalue weighted by atomic mass is 16.2. The molecule has 116 valence electrons. The molecule has 0 spiro atoms. The van der Waals surface area contributed by atoms with E-state index in [-0.39, 0.29) is 5.54 Å². The first-order valence-electron chi connectivity index (χ1n) is 8.01. The molecule has 1 aliphatic heterocycles. The van der Waals surface area contributed by atoms with Gasteiger partial charge in [-0.15, -0.1) is 0 Å². The number of hydrogen-bond acceptors (Lipinski definition) is 2. The second kappa shape index (κ2) is 7.82.